The SMILES string of the molecule is COc1ccc(/C=C/C(=O)NCc2nnc(SCC(=O)Nc3cc(Cl)ccc3C)n2C)cc1OC. The van der Waals surface area contributed by atoms with Crippen LogP contribution in [0.1, 0.15) is 17.0 Å². The van der Waals surface area contributed by atoms with Gasteiger partial charge in [0.2, 0.25) is 11.8 Å². The minimum atomic E-state index is -0.284. The summed E-state index contributed by atoms with van der Waals surface area (Å²) >= 11 is 7.25. The van der Waals surface area contributed by atoms with Crippen molar-refractivity contribution in [2.45, 2.75) is 18.6 Å². The monoisotopic (exact) mass is 515 g/mol. The highest BCUT2D eigenvalue weighted by molar-refractivity contribution is 7.99. The number of ether oxygens (including phenoxy) is 2. The number of aromatic nitrogens is 3. The van der Waals surface area contributed by atoms with Crippen LogP contribution in [0.4, 0.5) is 5.69 Å². The molecule has 3 aromatic rings. The molecule has 2 amide bonds. The van der Waals surface area contributed by atoms with Crippen LogP contribution in [-0.4, -0.2) is 46.6 Å². The van der Waals surface area contributed by atoms with E-state index in [-0.39, 0.29) is 24.1 Å². The number of halogens is 1. The average molecular weight is 516 g/mol. The van der Waals surface area contributed by atoms with Crippen molar-refractivity contribution in [2.75, 3.05) is 25.3 Å². The summed E-state index contributed by atoms with van der Waals surface area (Å²) in [4.78, 5) is 24.6. The fraction of sp³-hybridized carbons (Fsp3) is 0.250. The van der Waals surface area contributed by atoms with E-state index in [0.29, 0.717) is 33.2 Å². The second-order valence-corrected chi connectivity index (χ2v) is 8.80. The van der Waals surface area contributed by atoms with Crippen LogP contribution in [0.25, 0.3) is 6.08 Å². The molecule has 184 valence electrons. The number of anilines is 1. The van der Waals surface area contributed by atoms with Gasteiger partial charge >= 0.3 is 0 Å². The lowest BCUT2D eigenvalue weighted by molar-refractivity contribution is -0.116. The fourth-order valence-corrected chi connectivity index (χ4v) is 3.93. The van der Waals surface area contributed by atoms with Gasteiger partial charge in [0, 0.05) is 23.8 Å². The minimum Gasteiger partial charge on any atom is -0.493 e. The number of amides is 2. The maximum atomic E-state index is 12.3. The summed E-state index contributed by atoms with van der Waals surface area (Å²) in [5, 5.41) is 15.0. The lowest BCUT2D eigenvalue weighted by Gasteiger charge is -2.09. The summed E-state index contributed by atoms with van der Waals surface area (Å²) in [6.07, 6.45) is 3.10. The maximum Gasteiger partial charge on any atom is 0.244 e. The van der Waals surface area contributed by atoms with Crippen molar-refractivity contribution in [3.05, 3.63) is 64.4 Å². The zero-order valence-electron chi connectivity index (χ0n) is 19.8. The molecule has 2 N–H and O–H groups in total. The third kappa shape index (κ3) is 7.24. The number of thioether (sulfide) groups is 1. The Morgan fingerprint density at radius 1 is 1.11 bits per heavy atom. The zero-order chi connectivity index (χ0) is 25.4. The van der Waals surface area contributed by atoms with Gasteiger partial charge in [0.25, 0.3) is 0 Å². The molecule has 0 aliphatic carbocycles. The number of aryl methyl sites for hydroxylation is 1. The lowest BCUT2D eigenvalue weighted by atomic mass is 10.2. The van der Waals surface area contributed by atoms with Crippen LogP contribution in [-0.2, 0) is 23.2 Å². The molecule has 35 heavy (non-hydrogen) atoms. The van der Waals surface area contributed by atoms with E-state index in [1.165, 1.54) is 17.8 Å². The second-order valence-electron chi connectivity index (χ2n) is 7.42. The zero-order valence-corrected chi connectivity index (χ0v) is 21.4. The van der Waals surface area contributed by atoms with Crippen molar-refractivity contribution in [1.82, 2.24) is 20.1 Å². The molecule has 1 aromatic heterocycles. The first-order chi connectivity index (χ1) is 16.8. The van der Waals surface area contributed by atoms with Crippen molar-refractivity contribution in [3.8, 4) is 11.5 Å². The Morgan fingerprint density at radius 3 is 2.63 bits per heavy atom. The summed E-state index contributed by atoms with van der Waals surface area (Å²) in [5.74, 6) is 1.44. The number of benzene rings is 2. The third-order valence-electron chi connectivity index (χ3n) is 4.99. The highest BCUT2D eigenvalue weighted by Gasteiger charge is 2.13. The second kappa shape index (κ2) is 12.3. The minimum absolute atomic E-state index is 0.151. The highest BCUT2D eigenvalue weighted by Crippen LogP contribution is 2.28. The van der Waals surface area contributed by atoms with E-state index >= 15 is 0 Å². The number of hydrogen-bond donors (Lipinski definition) is 2. The van der Waals surface area contributed by atoms with Gasteiger partial charge in [0.15, 0.2) is 22.5 Å². The van der Waals surface area contributed by atoms with Gasteiger partial charge in [-0.05, 0) is 48.4 Å². The predicted molar refractivity (Wildman–Crippen MR) is 137 cm³/mol. The molecule has 0 aliphatic heterocycles. The standard InChI is InChI=1S/C24H26ClN5O4S/c1-15-5-8-17(25)12-18(15)27-23(32)14-35-24-29-28-21(30(24)2)13-26-22(31)10-7-16-6-9-19(33-3)20(11-16)34-4/h5-12H,13-14H2,1-4H3,(H,26,31)(H,27,32)/b10-7+. The van der Waals surface area contributed by atoms with Crippen molar-refractivity contribution < 1.29 is 19.1 Å². The Hall–Kier alpha value is -3.50. The van der Waals surface area contributed by atoms with Gasteiger partial charge in [-0.25, -0.2) is 0 Å². The van der Waals surface area contributed by atoms with Crippen molar-refractivity contribution in [3.63, 3.8) is 0 Å². The first-order valence-corrected chi connectivity index (χ1v) is 11.9. The first-order valence-electron chi connectivity index (χ1n) is 10.6. The quantitative estimate of drug-likeness (QED) is 0.312. The van der Waals surface area contributed by atoms with E-state index in [0.717, 1.165) is 11.1 Å². The molecule has 1 heterocycles. The van der Waals surface area contributed by atoms with Crippen LogP contribution in [0.15, 0.2) is 47.6 Å². The largest absolute Gasteiger partial charge is 0.493 e. The van der Waals surface area contributed by atoms with E-state index in [9.17, 15) is 9.59 Å². The van der Waals surface area contributed by atoms with Gasteiger partial charge in [0.05, 0.1) is 26.5 Å². The number of carbonyl (C=O) groups is 2. The van der Waals surface area contributed by atoms with Crippen LogP contribution in [0.5, 0.6) is 11.5 Å². The topological polar surface area (TPSA) is 107 Å². The van der Waals surface area contributed by atoms with Crippen LogP contribution in [0.2, 0.25) is 5.02 Å². The number of methoxy groups -OCH3 is 2. The molecule has 11 heteroatoms. The molecule has 0 aliphatic rings. The Labute approximate surface area is 212 Å². The number of nitrogens with one attached hydrogen (secondary N) is 2. The molecule has 0 spiro atoms. The van der Waals surface area contributed by atoms with Gasteiger partial charge in [-0.1, -0.05) is 35.5 Å². The smallest absolute Gasteiger partial charge is 0.244 e. The Kier molecular flexibility index (Phi) is 9.16. The molecule has 0 unspecified atom stereocenters. The molecule has 3 rings (SSSR count). The van der Waals surface area contributed by atoms with Gasteiger partial charge in [0.1, 0.15) is 0 Å². The third-order valence-corrected chi connectivity index (χ3v) is 6.24. The van der Waals surface area contributed by atoms with Crippen molar-refractivity contribution >= 4 is 46.9 Å². The van der Waals surface area contributed by atoms with Crippen molar-refractivity contribution in [1.29, 1.82) is 0 Å². The van der Waals surface area contributed by atoms with E-state index < -0.39 is 0 Å². The van der Waals surface area contributed by atoms with Gasteiger partial charge in [-0.3, -0.25) is 9.59 Å². The van der Waals surface area contributed by atoms with Crippen LogP contribution >= 0.6 is 23.4 Å². The molecule has 0 saturated carbocycles. The maximum absolute atomic E-state index is 12.3. The number of hydrogen-bond acceptors (Lipinski definition) is 7. The van der Waals surface area contributed by atoms with E-state index in [2.05, 4.69) is 20.8 Å². The summed E-state index contributed by atoms with van der Waals surface area (Å²) in [7, 11) is 4.90. The van der Waals surface area contributed by atoms with Crippen LogP contribution in [0.3, 0.4) is 0 Å². The first kappa shape index (κ1) is 26.1. The number of rotatable bonds is 10. The van der Waals surface area contributed by atoms with E-state index in [1.807, 2.05) is 19.1 Å². The molecule has 0 saturated heterocycles. The van der Waals surface area contributed by atoms with Crippen molar-refractivity contribution in [2.24, 2.45) is 7.05 Å². The Morgan fingerprint density at radius 2 is 1.89 bits per heavy atom. The molecule has 2 aromatic carbocycles. The van der Waals surface area contributed by atoms with Gasteiger partial charge < -0.3 is 24.7 Å². The van der Waals surface area contributed by atoms with E-state index in [1.54, 1.807) is 56.2 Å². The van der Waals surface area contributed by atoms with Gasteiger partial charge in [-0.2, -0.15) is 0 Å². The fourth-order valence-electron chi connectivity index (χ4n) is 3.02. The molecule has 0 bridgehead atoms. The molecule has 0 atom stereocenters. The summed E-state index contributed by atoms with van der Waals surface area (Å²) < 4.78 is 12.2. The van der Waals surface area contributed by atoms with Gasteiger partial charge in [-0.15, -0.1) is 10.2 Å². The van der Waals surface area contributed by atoms with Crippen LogP contribution < -0.4 is 20.1 Å². The Bertz CT molecular complexity index is 1240. The molecule has 0 fully saturated rings. The average Bonchev–Trinajstić information content (AvgIpc) is 3.21. The highest BCUT2D eigenvalue weighted by atomic mass is 35.5. The predicted octanol–water partition coefficient (Wildman–Crippen LogP) is 3.85. The Balaban J connectivity index is 1.51. The van der Waals surface area contributed by atoms with Crippen LogP contribution in [0, 0.1) is 6.92 Å². The van der Waals surface area contributed by atoms with E-state index in [4.69, 9.17) is 21.1 Å². The number of nitrogens with zero attached hydrogens (tertiary/aromatic N) is 3. The molecular weight excluding hydrogens is 490 g/mol. The molecule has 0 radical (unpaired) electrons. The molecular formula is C24H26ClN5O4S. The summed E-state index contributed by atoms with van der Waals surface area (Å²) in [6, 6.07) is 10.7. The molecule has 9 nitrogen and oxygen atoms in total. The normalized spacial score (nSPS) is 10.9. The number of carbonyl (C=O) groups excluding carboxylic acids is 2. The summed E-state index contributed by atoms with van der Waals surface area (Å²) in [5.41, 5.74) is 2.39. The lowest BCUT2D eigenvalue weighted by Crippen LogP contribution is -2.22. The summed E-state index contributed by atoms with van der Waals surface area (Å²) in [6.45, 7) is 2.08.